The molecule has 0 heterocycles. The molecule has 0 atom stereocenters. The van der Waals surface area contributed by atoms with Crippen LogP contribution in [0.4, 0.5) is 11.4 Å². The van der Waals surface area contributed by atoms with Crippen molar-refractivity contribution in [3.8, 4) is 11.1 Å². The number of hydrogen-bond donors (Lipinski definition) is 1. The van der Waals surface area contributed by atoms with Crippen molar-refractivity contribution in [1.29, 1.82) is 0 Å². The van der Waals surface area contributed by atoms with Crippen LogP contribution in [0.25, 0.3) is 21.9 Å². The van der Waals surface area contributed by atoms with Gasteiger partial charge in [-0.2, -0.15) is 0 Å². The van der Waals surface area contributed by atoms with Crippen LogP contribution in [0.5, 0.6) is 0 Å². The summed E-state index contributed by atoms with van der Waals surface area (Å²) in [5.74, 6) is 0. The molecule has 1 nitrogen and oxygen atoms in total. The first-order valence-electron chi connectivity index (χ1n) is 9.14. The van der Waals surface area contributed by atoms with Gasteiger partial charge in [0.2, 0.25) is 0 Å². The third-order valence-corrected chi connectivity index (χ3v) is 5.63. The van der Waals surface area contributed by atoms with E-state index in [1.165, 1.54) is 33.0 Å². The van der Waals surface area contributed by atoms with Gasteiger partial charge in [0.15, 0.2) is 0 Å². The molecule has 1 aliphatic rings. The number of nitrogens with one attached hydrogen (secondary N) is 1. The van der Waals surface area contributed by atoms with E-state index in [2.05, 4.69) is 98.0 Å². The van der Waals surface area contributed by atoms with Crippen molar-refractivity contribution in [2.45, 2.75) is 19.3 Å². The van der Waals surface area contributed by atoms with Crippen LogP contribution in [0.2, 0.25) is 0 Å². The molecule has 0 saturated heterocycles. The summed E-state index contributed by atoms with van der Waals surface area (Å²) in [5.41, 5.74) is 7.83. The maximum absolute atomic E-state index is 3.54. The van der Waals surface area contributed by atoms with Gasteiger partial charge in [-0.25, -0.2) is 0 Å². The van der Waals surface area contributed by atoms with Crippen LogP contribution < -0.4 is 5.32 Å². The van der Waals surface area contributed by atoms with Gasteiger partial charge in [0.05, 0.1) is 0 Å². The molecule has 26 heavy (non-hydrogen) atoms. The Labute approximate surface area is 154 Å². The van der Waals surface area contributed by atoms with Gasteiger partial charge < -0.3 is 5.32 Å². The Hall–Kier alpha value is -3.06. The first kappa shape index (κ1) is 15.2. The van der Waals surface area contributed by atoms with E-state index in [-0.39, 0.29) is 5.41 Å². The second kappa shape index (κ2) is 5.47. The maximum Gasteiger partial charge on any atom is 0.0387 e. The summed E-state index contributed by atoms with van der Waals surface area (Å²) in [4.78, 5) is 0. The molecule has 0 spiro atoms. The molecule has 0 aromatic heterocycles. The van der Waals surface area contributed by atoms with Gasteiger partial charge in [0, 0.05) is 16.8 Å². The van der Waals surface area contributed by atoms with Gasteiger partial charge in [0.1, 0.15) is 0 Å². The van der Waals surface area contributed by atoms with E-state index in [0.29, 0.717) is 0 Å². The molecule has 0 saturated carbocycles. The molecule has 0 fully saturated rings. The van der Waals surface area contributed by atoms with Crippen molar-refractivity contribution in [2.75, 3.05) is 5.32 Å². The Balaban J connectivity index is 1.69. The summed E-state index contributed by atoms with van der Waals surface area (Å²) in [5, 5.41) is 6.19. The average molecular weight is 335 g/mol. The van der Waals surface area contributed by atoms with Gasteiger partial charge in [-0.3, -0.25) is 0 Å². The topological polar surface area (TPSA) is 12.0 Å². The van der Waals surface area contributed by atoms with Crippen LogP contribution in [-0.2, 0) is 5.41 Å². The van der Waals surface area contributed by atoms with Crippen LogP contribution in [0.1, 0.15) is 25.0 Å². The molecule has 0 bridgehead atoms. The van der Waals surface area contributed by atoms with Gasteiger partial charge in [-0.1, -0.05) is 74.5 Å². The number of hydrogen-bond acceptors (Lipinski definition) is 1. The lowest BCUT2D eigenvalue weighted by atomic mass is 9.82. The lowest BCUT2D eigenvalue weighted by Crippen LogP contribution is -2.15. The third-order valence-electron chi connectivity index (χ3n) is 5.63. The highest BCUT2D eigenvalue weighted by Crippen LogP contribution is 2.51. The number of anilines is 2. The fraction of sp³-hybridized carbons (Fsp3) is 0.120. The number of rotatable bonds is 2. The molecule has 4 aromatic rings. The minimum absolute atomic E-state index is 0.00305. The Kier molecular flexibility index (Phi) is 3.20. The second-order valence-electron chi connectivity index (χ2n) is 7.59. The molecular weight excluding hydrogens is 314 g/mol. The van der Waals surface area contributed by atoms with Crippen LogP contribution in [-0.4, -0.2) is 0 Å². The largest absolute Gasteiger partial charge is 0.356 e. The van der Waals surface area contributed by atoms with Gasteiger partial charge >= 0.3 is 0 Å². The quantitative estimate of drug-likeness (QED) is 0.420. The summed E-state index contributed by atoms with van der Waals surface area (Å²) in [7, 11) is 0. The van der Waals surface area contributed by atoms with Crippen LogP contribution >= 0.6 is 0 Å². The highest BCUT2D eigenvalue weighted by atomic mass is 14.9. The van der Waals surface area contributed by atoms with Crippen LogP contribution in [0.3, 0.4) is 0 Å². The predicted octanol–water partition coefficient (Wildman–Crippen LogP) is 6.89. The van der Waals surface area contributed by atoms with E-state index in [4.69, 9.17) is 0 Å². The van der Waals surface area contributed by atoms with Crippen molar-refractivity contribution in [1.82, 2.24) is 0 Å². The summed E-state index contributed by atoms with van der Waals surface area (Å²) in [6.45, 7) is 4.66. The van der Waals surface area contributed by atoms with Crippen LogP contribution in [0.15, 0.2) is 84.9 Å². The zero-order valence-electron chi connectivity index (χ0n) is 15.1. The Morgan fingerprint density at radius 1 is 0.654 bits per heavy atom. The summed E-state index contributed by atoms with van der Waals surface area (Å²) in [6, 6.07) is 30.4. The number of para-hydroxylation sites is 1. The highest BCUT2D eigenvalue weighted by Gasteiger charge is 2.36. The molecule has 1 heteroatoms. The highest BCUT2D eigenvalue weighted by molar-refractivity contribution is 6.02. The zero-order chi connectivity index (χ0) is 17.7. The molecule has 4 aromatic carbocycles. The average Bonchev–Trinajstić information content (AvgIpc) is 2.90. The fourth-order valence-corrected chi connectivity index (χ4v) is 4.27. The first-order valence-corrected chi connectivity index (χ1v) is 9.14. The standard InChI is InChI=1S/C25H21N/c1-25(2)22-15-12-17-8-6-7-11-20(17)24(22)21-14-13-19(16-23(21)25)26-18-9-4-3-5-10-18/h3-16,26H,1-2H3. The summed E-state index contributed by atoms with van der Waals surface area (Å²) < 4.78 is 0. The molecule has 1 N–H and O–H groups in total. The monoisotopic (exact) mass is 335 g/mol. The zero-order valence-corrected chi connectivity index (χ0v) is 15.1. The minimum Gasteiger partial charge on any atom is -0.356 e. The van der Waals surface area contributed by atoms with Gasteiger partial charge in [0.25, 0.3) is 0 Å². The number of benzene rings is 4. The van der Waals surface area contributed by atoms with Crippen LogP contribution in [0, 0.1) is 0 Å². The van der Waals surface area contributed by atoms with Crippen molar-refractivity contribution < 1.29 is 0 Å². The summed E-state index contributed by atoms with van der Waals surface area (Å²) in [6.07, 6.45) is 0. The molecular formula is C25H21N. The Morgan fingerprint density at radius 2 is 1.42 bits per heavy atom. The molecule has 126 valence electrons. The molecule has 0 amide bonds. The smallest absolute Gasteiger partial charge is 0.0387 e. The number of fused-ring (bicyclic) bond motifs is 5. The van der Waals surface area contributed by atoms with E-state index in [1.807, 2.05) is 6.07 Å². The van der Waals surface area contributed by atoms with E-state index < -0.39 is 0 Å². The van der Waals surface area contributed by atoms with Crippen molar-refractivity contribution >= 4 is 22.1 Å². The normalized spacial score (nSPS) is 14.1. The maximum atomic E-state index is 3.54. The third kappa shape index (κ3) is 2.17. The minimum atomic E-state index is 0.00305. The van der Waals surface area contributed by atoms with E-state index in [9.17, 15) is 0 Å². The Bertz CT molecular complexity index is 1120. The molecule has 0 radical (unpaired) electrons. The predicted molar refractivity (Wildman–Crippen MR) is 111 cm³/mol. The lowest BCUT2D eigenvalue weighted by molar-refractivity contribution is 0.661. The van der Waals surface area contributed by atoms with Crippen molar-refractivity contribution in [3.05, 3.63) is 96.1 Å². The van der Waals surface area contributed by atoms with Gasteiger partial charge in [-0.15, -0.1) is 0 Å². The summed E-state index contributed by atoms with van der Waals surface area (Å²) >= 11 is 0. The van der Waals surface area contributed by atoms with Crippen molar-refractivity contribution in [2.24, 2.45) is 0 Å². The van der Waals surface area contributed by atoms with E-state index in [0.717, 1.165) is 11.4 Å². The van der Waals surface area contributed by atoms with E-state index in [1.54, 1.807) is 0 Å². The Morgan fingerprint density at radius 3 is 2.27 bits per heavy atom. The first-order chi connectivity index (χ1) is 12.6. The lowest BCUT2D eigenvalue weighted by Gasteiger charge is -2.22. The second-order valence-corrected chi connectivity index (χ2v) is 7.59. The van der Waals surface area contributed by atoms with Crippen molar-refractivity contribution in [3.63, 3.8) is 0 Å². The van der Waals surface area contributed by atoms with E-state index >= 15 is 0 Å². The fourth-order valence-electron chi connectivity index (χ4n) is 4.27. The molecule has 5 rings (SSSR count). The SMILES string of the molecule is CC1(C)c2cc(Nc3ccccc3)ccc2-c2c1ccc1ccccc21. The molecule has 1 aliphatic carbocycles. The molecule has 0 aliphatic heterocycles. The van der Waals surface area contributed by atoms with Gasteiger partial charge in [-0.05, 0) is 57.3 Å². The molecule has 0 unspecified atom stereocenters.